The summed E-state index contributed by atoms with van der Waals surface area (Å²) in [5, 5.41) is 3.38. The van der Waals surface area contributed by atoms with Crippen molar-refractivity contribution < 1.29 is 14.3 Å². The van der Waals surface area contributed by atoms with E-state index in [0.717, 1.165) is 32.2 Å². The highest BCUT2D eigenvalue weighted by molar-refractivity contribution is 5.54. The maximum atomic E-state index is 11.0. The highest BCUT2D eigenvalue weighted by atomic mass is 16.5. The predicted molar refractivity (Wildman–Crippen MR) is 102 cm³/mol. The summed E-state index contributed by atoms with van der Waals surface area (Å²) in [4.78, 5) is 20.6. The van der Waals surface area contributed by atoms with Crippen LogP contribution in [0.5, 0.6) is 0 Å². The van der Waals surface area contributed by atoms with Crippen molar-refractivity contribution in [2.45, 2.75) is 70.8 Å². The van der Waals surface area contributed by atoms with Crippen molar-refractivity contribution in [3.05, 3.63) is 35.4 Å². The summed E-state index contributed by atoms with van der Waals surface area (Å²) in [7, 11) is 0. The first-order valence-electron chi connectivity index (χ1n) is 9.10. The molecule has 0 saturated carbocycles. The summed E-state index contributed by atoms with van der Waals surface area (Å²) in [6, 6.07) is 8.89. The average molecular weight is 347 g/mol. The first kappa shape index (κ1) is 21.4. The topological polar surface area (TPSA) is 55.4 Å². The second-order valence-corrected chi connectivity index (χ2v) is 8.00. The third-order valence-corrected chi connectivity index (χ3v) is 4.63. The number of rotatable bonds is 5. The van der Waals surface area contributed by atoms with Crippen LogP contribution in [0.2, 0.25) is 0 Å². The molecule has 4 nitrogen and oxygen atoms in total. The van der Waals surface area contributed by atoms with Gasteiger partial charge in [0.15, 0.2) is 0 Å². The van der Waals surface area contributed by atoms with Crippen molar-refractivity contribution in [2.24, 2.45) is 0 Å². The number of carbonyl (C=O) groups excluding carboxylic acids is 2. The Kier molecular flexibility index (Phi) is 8.30. The fourth-order valence-corrected chi connectivity index (χ4v) is 3.04. The summed E-state index contributed by atoms with van der Waals surface area (Å²) in [5.74, 6) is 0.564. The molecular weight excluding hydrogens is 314 g/mol. The lowest BCUT2D eigenvalue weighted by molar-refractivity contribution is -0.138. The molecule has 0 radical (unpaired) electrons. The normalized spacial score (nSPS) is 16.6. The summed E-state index contributed by atoms with van der Waals surface area (Å²) >= 11 is 0. The van der Waals surface area contributed by atoms with Gasteiger partial charge in [0.05, 0.1) is 0 Å². The molecule has 0 bridgehead atoms. The molecule has 0 atom stereocenters. The zero-order valence-corrected chi connectivity index (χ0v) is 16.3. The third kappa shape index (κ3) is 6.99. The molecule has 1 fully saturated rings. The second kappa shape index (κ2) is 9.71. The number of piperidine rings is 1. The van der Waals surface area contributed by atoms with Crippen molar-refractivity contribution in [2.75, 3.05) is 13.1 Å². The lowest BCUT2D eigenvalue weighted by Crippen LogP contribution is -2.40. The molecule has 1 aliphatic heterocycles. The number of benzene rings is 1. The number of nitrogens with one attached hydrogen (secondary N) is 1. The molecule has 0 aliphatic carbocycles. The number of ether oxygens (including phenoxy) is 1. The molecule has 1 heterocycles. The van der Waals surface area contributed by atoms with Crippen LogP contribution >= 0.6 is 0 Å². The molecule has 1 aromatic carbocycles. The van der Waals surface area contributed by atoms with Gasteiger partial charge in [0.1, 0.15) is 11.9 Å². The summed E-state index contributed by atoms with van der Waals surface area (Å²) in [6.45, 7) is 12.4. The van der Waals surface area contributed by atoms with E-state index >= 15 is 0 Å². The second-order valence-electron chi connectivity index (χ2n) is 8.00. The fraction of sp³-hybridized carbons (Fsp3) is 0.619. The van der Waals surface area contributed by atoms with E-state index in [1.807, 2.05) is 20.8 Å². The van der Waals surface area contributed by atoms with Crippen molar-refractivity contribution in [3.63, 3.8) is 0 Å². The molecule has 0 aromatic heterocycles. The molecule has 4 heteroatoms. The van der Waals surface area contributed by atoms with Crippen LogP contribution in [0.25, 0.3) is 0 Å². The van der Waals surface area contributed by atoms with Gasteiger partial charge in [-0.15, -0.1) is 0 Å². The molecule has 25 heavy (non-hydrogen) atoms. The predicted octanol–water partition coefficient (Wildman–Crippen LogP) is 3.98. The lowest BCUT2D eigenvalue weighted by Gasteiger charge is -2.37. The monoisotopic (exact) mass is 347 g/mol. The summed E-state index contributed by atoms with van der Waals surface area (Å²) < 4.78 is 4.55. The van der Waals surface area contributed by atoms with Gasteiger partial charge in [-0.1, -0.05) is 38.1 Å². The van der Waals surface area contributed by atoms with Gasteiger partial charge in [-0.3, -0.25) is 4.79 Å². The molecule has 1 aromatic rings. The van der Waals surface area contributed by atoms with Crippen LogP contribution in [0.1, 0.15) is 70.9 Å². The van der Waals surface area contributed by atoms with Crippen molar-refractivity contribution in [3.8, 4) is 0 Å². The Bertz CT molecular complexity index is 523. The highest BCUT2D eigenvalue weighted by Gasteiger charge is 2.33. The maximum absolute atomic E-state index is 11.0. The van der Waals surface area contributed by atoms with E-state index < -0.39 is 0 Å². The molecule has 0 spiro atoms. The largest absolute Gasteiger partial charge is 0.462 e. The quantitative estimate of drug-likeness (QED) is 0.819. The standard InChI is InChI=1S/C16H23NO.C5H10O2/c1-13(2)14-3-5-15(6-4-14)16(9-12-18)7-10-17-11-8-16;1-5(2,3)7-4-6/h3-6,12-13,17H,7-11H2,1-2H3;4H,1-3H3. The molecule has 1 N–H and O–H groups in total. The zero-order valence-electron chi connectivity index (χ0n) is 16.3. The third-order valence-electron chi connectivity index (χ3n) is 4.63. The summed E-state index contributed by atoms with van der Waals surface area (Å²) in [5.41, 5.74) is 2.46. The van der Waals surface area contributed by atoms with E-state index in [2.05, 4.69) is 48.2 Å². The van der Waals surface area contributed by atoms with Crippen LogP contribution in [0.3, 0.4) is 0 Å². The molecule has 2 rings (SSSR count). The van der Waals surface area contributed by atoms with Crippen molar-refractivity contribution in [1.29, 1.82) is 0 Å². The van der Waals surface area contributed by atoms with Gasteiger partial charge in [0, 0.05) is 11.8 Å². The minimum atomic E-state index is -0.318. The van der Waals surface area contributed by atoms with Crippen molar-refractivity contribution >= 4 is 12.8 Å². The van der Waals surface area contributed by atoms with Gasteiger partial charge in [0.2, 0.25) is 0 Å². The molecule has 0 unspecified atom stereocenters. The first-order valence-corrected chi connectivity index (χ1v) is 9.10. The number of carbonyl (C=O) groups is 2. The van der Waals surface area contributed by atoms with E-state index in [0.29, 0.717) is 18.8 Å². The van der Waals surface area contributed by atoms with Crippen molar-refractivity contribution in [1.82, 2.24) is 5.32 Å². The van der Waals surface area contributed by atoms with E-state index in [4.69, 9.17) is 0 Å². The zero-order chi connectivity index (χ0) is 18.9. The van der Waals surface area contributed by atoms with Gasteiger partial charge in [-0.2, -0.15) is 0 Å². The molecule has 0 amide bonds. The Hall–Kier alpha value is -1.68. The van der Waals surface area contributed by atoms with E-state index in [1.165, 1.54) is 11.1 Å². The van der Waals surface area contributed by atoms with Gasteiger partial charge < -0.3 is 14.8 Å². The van der Waals surface area contributed by atoms with Gasteiger partial charge >= 0.3 is 0 Å². The maximum Gasteiger partial charge on any atom is 0.293 e. The van der Waals surface area contributed by atoms with Crippen LogP contribution in [-0.4, -0.2) is 31.4 Å². The number of aldehydes is 1. The van der Waals surface area contributed by atoms with Gasteiger partial charge in [-0.05, 0) is 63.7 Å². The molecule has 1 saturated heterocycles. The number of hydrogen-bond acceptors (Lipinski definition) is 4. The molecule has 1 aliphatic rings. The Labute approximate surface area is 152 Å². The SMILES string of the molecule is CC(C)(C)OC=O.CC(C)c1ccc(C2(CC=O)CCNCC2)cc1. The average Bonchev–Trinajstić information content (AvgIpc) is 2.55. The Balaban J connectivity index is 0.000000381. The smallest absolute Gasteiger partial charge is 0.293 e. The molecular formula is C21H33NO3. The van der Waals surface area contributed by atoms with E-state index in [9.17, 15) is 9.59 Å². The Morgan fingerprint density at radius 3 is 2.04 bits per heavy atom. The highest BCUT2D eigenvalue weighted by Crippen LogP contribution is 2.36. The van der Waals surface area contributed by atoms with Crippen LogP contribution in [0.4, 0.5) is 0 Å². The Morgan fingerprint density at radius 1 is 1.12 bits per heavy atom. The van der Waals surface area contributed by atoms with Crippen LogP contribution in [0, 0.1) is 0 Å². The van der Waals surface area contributed by atoms with E-state index in [-0.39, 0.29) is 11.0 Å². The van der Waals surface area contributed by atoms with Gasteiger partial charge in [0.25, 0.3) is 6.47 Å². The van der Waals surface area contributed by atoms with Crippen LogP contribution in [-0.2, 0) is 19.7 Å². The van der Waals surface area contributed by atoms with E-state index in [1.54, 1.807) is 0 Å². The molecule has 140 valence electrons. The van der Waals surface area contributed by atoms with Crippen LogP contribution < -0.4 is 5.32 Å². The summed E-state index contributed by atoms with van der Waals surface area (Å²) in [6.07, 6.45) is 3.86. The fourth-order valence-electron chi connectivity index (χ4n) is 3.04. The number of hydrogen-bond donors (Lipinski definition) is 1. The lowest BCUT2D eigenvalue weighted by atomic mass is 9.71. The van der Waals surface area contributed by atoms with Gasteiger partial charge in [-0.25, -0.2) is 0 Å². The van der Waals surface area contributed by atoms with Crippen LogP contribution in [0.15, 0.2) is 24.3 Å². The minimum Gasteiger partial charge on any atom is -0.462 e. The first-order chi connectivity index (χ1) is 11.7. The Morgan fingerprint density at radius 2 is 1.68 bits per heavy atom. The minimum absolute atomic E-state index is 0.0719.